The number of likely N-dealkylation sites (tertiary alicyclic amines) is 1. The van der Waals surface area contributed by atoms with E-state index in [1.165, 1.54) is 16.7 Å². The molecule has 7 heteroatoms. The number of fused-ring (bicyclic) bond motifs is 2. The summed E-state index contributed by atoms with van der Waals surface area (Å²) in [5.41, 5.74) is 4.50. The van der Waals surface area contributed by atoms with Crippen molar-refractivity contribution in [1.29, 1.82) is 0 Å². The highest BCUT2D eigenvalue weighted by atomic mass is 79.9. The molecule has 0 radical (unpaired) electrons. The number of nitrogens with zero attached hydrogens (tertiary/aromatic N) is 1. The number of piperidine rings is 1. The molecule has 3 aliphatic rings. The molecule has 5 rings (SSSR count). The van der Waals surface area contributed by atoms with Gasteiger partial charge in [0, 0.05) is 52.6 Å². The van der Waals surface area contributed by atoms with Crippen molar-refractivity contribution >= 4 is 43.6 Å². The van der Waals surface area contributed by atoms with Crippen molar-refractivity contribution in [3.8, 4) is 5.75 Å². The Morgan fingerprint density at radius 3 is 2.53 bits per heavy atom. The van der Waals surface area contributed by atoms with Crippen molar-refractivity contribution in [2.45, 2.75) is 50.5 Å². The summed E-state index contributed by atoms with van der Waals surface area (Å²) in [5.74, 6) is 0.995. The Morgan fingerprint density at radius 2 is 1.78 bits per heavy atom. The Bertz CT molecular complexity index is 1220. The molecule has 5 nitrogen and oxygen atoms in total. The zero-order chi connectivity index (χ0) is 25.2. The van der Waals surface area contributed by atoms with Crippen molar-refractivity contribution in [2.75, 3.05) is 13.1 Å². The second-order valence-corrected chi connectivity index (χ2v) is 11.7. The number of phenols is 1. The van der Waals surface area contributed by atoms with Crippen LogP contribution in [0.3, 0.4) is 0 Å². The first-order valence-electron chi connectivity index (χ1n) is 12.6. The van der Waals surface area contributed by atoms with Gasteiger partial charge in [-0.1, -0.05) is 46.3 Å². The maximum Gasteiger partial charge on any atom is 0.223 e. The molecule has 1 amide bonds. The maximum absolute atomic E-state index is 12.9. The van der Waals surface area contributed by atoms with Gasteiger partial charge in [0.1, 0.15) is 5.75 Å². The number of carbonyl (C=O) groups excluding carboxylic acids is 2. The second kappa shape index (κ2) is 10.9. The maximum atomic E-state index is 12.9. The molecular formula is C29H30Br2N2O3. The van der Waals surface area contributed by atoms with Crippen LogP contribution in [0.1, 0.15) is 59.5 Å². The van der Waals surface area contributed by atoms with Gasteiger partial charge >= 0.3 is 0 Å². The molecule has 0 aromatic heterocycles. The number of aromatic hydroxyl groups is 1. The van der Waals surface area contributed by atoms with Crippen molar-refractivity contribution in [2.24, 2.45) is 5.92 Å². The SMILES string of the molecule is O=C(CCC(=O)N1CCC([C@@H]2c3c(Br)cc(O)cc3CCC3=CC(Br)=CNC32)CC1)c1ccccc1. The van der Waals surface area contributed by atoms with E-state index in [2.05, 4.69) is 43.3 Å². The highest BCUT2D eigenvalue weighted by Gasteiger charge is 2.40. The van der Waals surface area contributed by atoms with E-state index in [4.69, 9.17) is 0 Å². The van der Waals surface area contributed by atoms with Gasteiger partial charge in [0.15, 0.2) is 5.78 Å². The lowest BCUT2D eigenvalue weighted by molar-refractivity contribution is -0.132. The lowest BCUT2D eigenvalue weighted by Crippen LogP contribution is -2.44. The number of hydrogen-bond acceptors (Lipinski definition) is 4. The summed E-state index contributed by atoms with van der Waals surface area (Å²) in [4.78, 5) is 27.3. The number of dihydropyridines is 1. The average molecular weight is 614 g/mol. The Labute approximate surface area is 228 Å². The molecule has 0 saturated carbocycles. The van der Waals surface area contributed by atoms with E-state index >= 15 is 0 Å². The Kier molecular flexibility index (Phi) is 7.68. The number of nitrogens with one attached hydrogen (secondary N) is 1. The first-order chi connectivity index (χ1) is 17.4. The number of benzene rings is 2. The first kappa shape index (κ1) is 25.3. The van der Waals surface area contributed by atoms with Crippen LogP contribution in [0.5, 0.6) is 5.75 Å². The van der Waals surface area contributed by atoms with Crippen LogP contribution in [0.4, 0.5) is 0 Å². The quantitative estimate of drug-likeness (QED) is 0.393. The molecule has 2 N–H and O–H groups in total. The molecule has 2 atom stereocenters. The Hall–Kier alpha value is -2.38. The largest absolute Gasteiger partial charge is 0.508 e. The van der Waals surface area contributed by atoms with Gasteiger partial charge in [0.2, 0.25) is 5.91 Å². The van der Waals surface area contributed by atoms with E-state index in [1.807, 2.05) is 35.4 Å². The van der Waals surface area contributed by atoms with Crippen molar-refractivity contribution in [3.05, 3.63) is 86.0 Å². The number of hydrogen-bond donors (Lipinski definition) is 2. The minimum absolute atomic E-state index is 0.0175. The van der Waals surface area contributed by atoms with E-state index in [0.29, 0.717) is 24.6 Å². The number of amides is 1. The third-order valence-corrected chi connectivity index (χ3v) is 8.87. The fraction of sp³-hybridized carbons (Fsp3) is 0.379. The van der Waals surface area contributed by atoms with Gasteiger partial charge in [0.25, 0.3) is 0 Å². The van der Waals surface area contributed by atoms with Gasteiger partial charge < -0.3 is 15.3 Å². The molecule has 1 unspecified atom stereocenters. The molecular weight excluding hydrogens is 584 g/mol. The van der Waals surface area contributed by atoms with Gasteiger partial charge in [-0.25, -0.2) is 0 Å². The molecule has 1 fully saturated rings. The van der Waals surface area contributed by atoms with E-state index < -0.39 is 0 Å². The predicted octanol–water partition coefficient (Wildman–Crippen LogP) is 6.22. The van der Waals surface area contributed by atoms with Crippen LogP contribution in [-0.2, 0) is 11.2 Å². The molecule has 2 aromatic rings. The van der Waals surface area contributed by atoms with Gasteiger partial charge in [-0.3, -0.25) is 9.59 Å². The number of ketones is 1. The smallest absolute Gasteiger partial charge is 0.223 e. The Morgan fingerprint density at radius 1 is 1.03 bits per heavy atom. The standard InChI is InChI=1S/C29H30Br2N2O3/c30-22-14-21-7-6-20-15-23(34)16-24(31)27(20)28(29(21)32-17-22)19-10-12-33(13-11-19)26(36)9-8-25(35)18-4-2-1-3-5-18/h1-5,14-17,19,28-29,32,34H,6-13H2/t28-,29?/m1/s1. The lowest BCUT2D eigenvalue weighted by atomic mass is 9.73. The molecule has 36 heavy (non-hydrogen) atoms. The monoisotopic (exact) mass is 612 g/mol. The van der Waals surface area contributed by atoms with Crippen LogP contribution in [-0.4, -0.2) is 40.8 Å². The average Bonchev–Trinajstić information content (AvgIpc) is 3.04. The third kappa shape index (κ3) is 5.32. The molecule has 2 aromatic carbocycles. The summed E-state index contributed by atoms with van der Waals surface area (Å²) in [6.07, 6.45) is 8.40. The number of allylic oxidation sites excluding steroid dienone is 2. The van der Waals surface area contributed by atoms with Crippen molar-refractivity contribution < 1.29 is 14.7 Å². The number of carbonyl (C=O) groups is 2. The third-order valence-electron chi connectivity index (χ3n) is 7.76. The number of phenolic OH excluding ortho intramolecular Hbond substituents is 1. The summed E-state index contributed by atoms with van der Waals surface area (Å²) in [7, 11) is 0. The molecule has 0 spiro atoms. The van der Waals surface area contributed by atoms with Crippen LogP contribution in [0.25, 0.3) is 0 Å². The molecule has 188 valence electrons. The zero-order valence-corrected chi connectivity index (χ0v) is 23.2. The minimum atomic E-state index is 0.0175. The summed E-state index contributed by atoms with van der Waals surface area (Å²) in [6, 6.07) is 13.1. The summed E-state index contributed by atoms with van der Waals surface area (Å²) < 4.78 is 2.00. The number of halogens is 2. The van der Waals surface area contributed by atoms with Gasteiger partial charge in [-0.2, -0.15) is 0 Å². The lowest BCUT2D eigenvalue weighted by Gasteiger charge is -2.41. The van der Waals surface area contributed by atoms with Gasteiger partial charge in [-0.15, -0.1) is 0 Å². The fourth-order valence-corrected chi connectivity index (χ4v) is 7.17. The van der Waals surface area contributed by atoms with Crippen LogP contribution in [0, 0.1) is 5.92 Å². The molecule has 0 bridgehead atoms. The van der Waals surface area contributed by atoms with E-state index in [0.717, 1.165) is 34.6 Å². The summed E-state index contributed by atoms with van der Waals surface area (Å²) in [6.45, 7) is 1.41. The second-order valence-electron chi connectivity index (χ2n) is 9.93. The van der Waals surface area contributed by atoms with E-state index in [1.54, 1.807) is 18.2 Å². The number of Topliss-reactive ketones (excluding diaryl/α,β-unsaturated/α-hetero) is 1. The minimum Gasteiger partial charge on any atom is -0.508 e. The van der Waals surface area contributed by atoms with Gasteiger partial charge in [0.05, 0.1) is 6.04 Å². The summed E-state index contributed by atoms with van der Waals surface area (Å²) in [5, 5.41) is 13.9. The van der Waals surface area contributed by atoms with Crippen LogP contribution in [0.2, 0.25) is 0 Å². The first-order valence-corrected chi connectivity index (χ1v) is 14.2. The zero-order valence-electron chi connectivity index (χ0n) is 20.1. The van der Waals surface area contributed by atoms with Crippen LogP contribution in [0.15, 0.2) is 69.3 Å². The highest BCUT2D eigenvalue weighted by molar-refractivity contribution is 9.12. The molecule has 2 aliphatic heterocycles. The van der Waals surface area contributed by atoms with Crippen LogP contribution < -0.4 is 5.32 Å². The topological polar surface area (TPSA) is 69.6 Å². The molecule has 2 heterocycles. The van der Waals surface area contributed by atoms with Crippen LogP contribution >= 0.6 is 31.9 Å². The summed E-state index contributed by atoms with van der Waals surface area (Å²) >= 11 is 7.38. The fourth-order valence-electron chi connectivity index (χ4n) is 5.99. The molecule has 1 saturated heterocycles. The highest BCUT2D eigenvalue weighted by Crippen LogP contribution is 2.47. The van der Waals surface area contributed by atoms with E-state index in [9.17, 15) is 14.7 Å². The normalized spacial score (nSPS) is 21.9. The van der Waals surface area contributed by atoms with Gasteiger partial charge in [-0.05, 0) is 82.4 Å². The molecule has 1 aliphatic carbocycles. The number of aryl methyl sites for hydroxylation is 1. The Balaban J connectivity index is 1.29. The predicted molar refractivity (Wildman–Crippen MR) is 148 cm³/mol. The van der Waals surface area contributed by atoms with Crippen molar-refractivity contribution in [3.63, 3.8) is 0 Å². The van der Waals surface area contributed by atoms with Crippen molar-refractivity contribution in [1.82, 2.24) is 10.2 Å². The number of rotatable bonds is 5. The van der Waals surface area contributed by atoms with E-state index in [-0.39, 0.29) is 42.2 Å².